The zero-order valence-electron chi connectivity index (χ0n) is 15.0. The van der Waals surface area contributed by atoms with Gasteiger partial charge in [-0.2, -0.15) is 4.31 Å². The van der Waals surface area contributed by atoms with E-state index < -0.39 is 16.0 Å². The smallest absolute Gasteiger partial charge is 0.338 e. The molecule has 0 amide bonds. The third-order valence-electron chi connectivity index (χ3n) is 4.05. The summed E-state index contributed by atoms with van der Waals surface area (Å²) in [4.78, 5) is 11.9. The molecule has 6 nitrogen and oxygen atoms in total. The number of esters is 1. The van der Waals surface area contributed by atoms with Crippen molar-refractivity contribution in [2.75, 3.05) is 20.2 Å². The fourth-order valence-corrected chi connectivity index (χ4v) is 4.18. The fourth-order valence-electron chi connectivity index (χ4n) is 2.62. The number of aryl methyl sites for hydroxylation is 1. The molecule has 0 saturated carbocycles. The Bertz CT molecular complexity index is 851. The molecule has 0 bridgehead atoms. The number of ether oxygens (including phenoxy) is 1. The van der Waals surface area contributed by atoms with Crippen LogP contribution in [-0.2, 0) is 21.3 Å². The summed E-state index contributed by atoms with van der Waals surface area (Å²) in [6.07, 6.45) is 0.561. The summed E-state index contributed by atoms with van der Waals surface area (Å²) in [5, 5.41) is 0. The Hall–Kier alpha value is -2.22. The van der Waals surface area contributed by atoms with Crippen molar-refractivity contribution in [2.45, 2.75) is 24.8 Å². The summed E-state index contributed by atoms with van der Waals surface area (Å²) >= 11 is 0. The van der Waals surface area contributed by atoms with Crippen molar-refractivity contribution in [1.29, 1.82) is 0 Å². The zero-order valence-corrected chi connectivity index (χ0v) is 15.8. The number of carbonyl (C=O) groups excluding carboxylic acids is 1. The SMILES string of the molecule is COC(=O)c1ccc(S(=O)(=O)N(CCCN)Cc2ccccc2)cc1C. The van der Waals surface area contributed by atoms with Crippen molar-refractivity contribution in [2.24, 2.45) is 5.73 Å². The van der Waals surface area contributed by atoms with Crippen molar-refractivity contribution in [1.82, 2.24) is 4.31 Å². The van der Waals surface area contributed by atoms with Crippen molar-refractivity contribution >= 4 is 16.0 Å². The van der Waals surface area contributed by atoms with Gasteiger partial charge in [0.15, 0.2) is 0 Å². The summed E-state index contributed by atoms with van der Waals surface area (Å²) in [6.45, 7) is 2.68. The Morgan fingerprint density at radius 1 is 1.15 bits per heavy atom. The van der Waals surface area contributed by atoms with Crippen LogP contribution < -0.4 is 5.73 Å². The van der Waals surface area contributed by atoms with E-state index in [-0.39, 0.29) is 11.4 Å². The Labute approximate surface area is 154 Å². The Morgan fingerprint density at radius 2 is 1.85 bits per heavy atom. The predicted molar refractivity (Wildman–Crippen MR) is 100 cm³/mol. The third-order valence-corrected chi connectivity index (χ3v) is 5.90. The molecule has 2 aromatic rings. The molecular formula is C19H24N2O4S. The minimum Gasteiger partial charge on any atom is -0.465 e. The lowest BCUT2D eigenvalue weighted by molar-refractivity contribution is 0.0600. The monoisotopic (exact) mass is 376 g/mol. The van der Waals surface area contributed by atoms with E-state index in [9.17, 15) is 13.2 Å². The fraction of sp³-hybridized carbons (Fsp3) is 0.316. The highest BCUT2D eigenvalue weighted by Crippen LogP contribution is 2.22. The van der Waals surface area contributed by atoms with Gasteiger partial charge in [0.25, 0.3) is 0 Å². The molecule has 0 atom stereocenters. The number of hydrogen-bond acceptors (Lipinski definition) is 5. The first-order valence-corrected chi connectivity index (χ1v) is 9.77. The largest absolute Gasteiger partial charge is 0.465 e. The van der Waals surface area contributed by atoms with E-state index in [1.165, 1.54) is 29.6 Å². The average molecular weight is 376 g/mol. The predicted octanol–water partition coefficient (Wildman–Crippen LogP) is 2.32. The number of rotatable bonds is 8. The standard InChI is InChI=1S/C19H24N2O4S/c1-15-13-17(9-10-18(15)19(22)25-2)26(23,24)21(12-6-11-20)14-16-7-4-3-5-8-16/h3-5,7-10,13H,6,11-12,14,20H2,1-2H3. The molecule has 0 aliphatic heterocycles. The molecule has 2 N–H and O–H groups in total. The van der Waals surface area contributed by atoms with Crippen LogP contribution in [0.15, 0.2) is 53.4 Å². The Kier molecular flexibility index (Phi) is 6.90. The number of methoxy groups -OCH3 is 1. The van der Waals surface area contributed by atoms with Gasteiger partial charge in [-0.05, 0) is 49.2 Å². The molecular weight excluding hydrogens is 352 g/mol. The number of nitrogens with zero attached hydrogens (tertiary/aromatic N) is 1. The van der Waals surface area contributed by atoms with Crippen LogP contribution in [0.25, 0.3) is 0 Å². The van der Waals surface area contributed by atoms with Crippen LogP contribution >= 0.6 is 0 Å². The van der Waals surface area contributed by atoms with Crippen LogP contribution in [0.5, 0.6) is 0 Å². The Balaban J connectivity index is 2.36. The van der Waals surface area contributed by atoms with Gasteiger partial charge in [0.05, 0.1) is 17.6 Å². The lowest BCUT2D eigenvalue weighted by Gasteiger charge is -2.22. The first-order valence-electron chi connectivity index (χ1n) is 8.33. The van der Waals surface area contributed by atoms with E-state index in [0.29, 0.717) is 30.6 Å². The molecule has 0 heterocycles. The van der Waals surface area contributed by atoms with Gasteiger partial charge in [-0.1, -0.05) is 30.3 Å². The van der Waals surface area contributed by atoms with Crippen LogP contribution in [0.4, 0.5) is 0 Å². The quantitative estimate of drug-likeness (QED) is 0.714. The molecule has 0 fully saturated rings. The summed E-state index contributed by atoms with van der Waals surface area (Å²) in [5.74, 6) is -0.490. The number of sulfonamides is 1. The maximum Gasteiger partial charge on any atom is 0.338 e. The molecule has 0 radical (unpaired) electrons. The van der Waals surface area contributed by atoms with Crippen LogP contribution in [-0.4, -0.2) is 38.9 Å². The van der Waals surface area contributed by atoms with Gasteiger partial charge in [-0.3, -0.25) is 0 Å². The highest BCUT2D eigenvalue weighted by Gasteiger charge is 2.25. The van der Waals surface area contributed by atoms with Crippen LogP contribution in [0, 0.1) is 6.92 Å². The number of carbonyl (C=O) groups is 1. The van der Waals surface area contributed by atoms with Crippen LogP contribution in [0.1, 0.15) is 27.9 Å². The number of nitrogens with two attached hydrogens (primary N) is 1. The van der Waals surface area contributed by atoms with Crippen LogP contribution in [0.2, 0.25) is 0 Å². The normalized spacial score (nSPS) is 11.5. The van der Waals surface area contributed by atoms with Crippen molar-refractivity contribution in [3.8, 4) is 0 Å². The minimum atomic E-state index is -3.72. The van der Waals surface area contributed by atoms with E-state index in [4.69, 9.17) is 10.5 Å². The summed E-state index contributed by atoms with van der Waals surface area (Å²) in [5.41, 5.74) is 7.37. The lowest BCUT2D eigenvalue weighted by atomic mass is 10.1. The van der Waals surface area contributed by atoms with E-state index >= 15 is 0 Å². The van der Waals surface area contributed by atoms with Gasteiger partial charge in [0.1, 0.15) is 0 Å². The molecule has 7 heteroatoms. The summed E-state index contributed by atoms with van der Waals surface area (Å²) < 4.78 is 32.4. The van der Waals surface area contributed by atoms with Gasteiger partial charge in [-0.15, -0.1) is 0 Å². The second kappa shape index (κ2) is 8.93. The topological polar surface area (TPSA) is 89.7 Å². The number of hydrogen-bond donors (Lipinski definition) is 1. The van der Waals surface area contributed by atoms with Gasteiger partial charge in [-0.25, -0.2) is 13.2 Å². The molecule has 140 valence electrons. The maximum absolute atomic E-state index is 13.1. The lowest BCUT2D eigenvalue weighted by Crippen LogP contribution is -2.32. The van der Waals surface area contributed by atoms with Crippen molar-refractivity contribution in [3.63, 3.8) is 0 Å². The van der Waals surface area contributed by atoms with Crippen molar-refractivity contribution in [3.05, 3.63) is 65.2 Å². The molecule has 0 aliphatic carbocycles. The average Bonchev–Trinajstić information content (AvgIpc) is 2.65. The van der Waals surface area contributed by atoms with Crippen LogP contribution in [0.3, 0.4) is 0 Å². The van der Waals surface area contributed by atoms with Gasteiger partial charge in [0, 0.05) is 13.1 Å². The summed E-state index contributed by atoms with van der Waals surface area (Å²) in [7, 11) is -2.43. The first kappa shape index (κ1) is 20.1. The molecule has 2 rings (SSSR count). The molecule has 0 aliphatic rings. The van der Waals surface area contributed by atoms with E-state index in [1.807, 2.05) is 30.3 Å². The van der Waals surface area contributed by atoms with E-state index in [1.54, 1.807) is 6.92 Å². The van der Waals surface area contributed by atoms with E-state index in [0.717, 1.165) is 5.56 Å². The molecule has 0 aromatic heterocycles. The maximum atomic E-state index is 13.1. The van der Waals surface area contributed by atoms with Gasteiger partial charge >= 0.3 is 5.97 Å². The number of benzene rings is 2. The second-order valence-corrected chi connectivity index (χ2v) is 7.87. The first-order chi connectivity index (χ1) is 12.4. The third kappa shape index (κ3) is 4.69. The van der Waals surface area contributed by atoms with Gasteiger partial charge in [0.2, 0.25) is 10.0 Å². The molecule has 26 heavy (non-hydrogen) atoms. The minimum absolute atomic E-state index is 0.149. The zero-order chi connectivity index (χ0) is 19.2. The Morgan fingerprint density at radius 3 is 2.42 bits per heavy atom. The molecule has 0 unspecified atom stereocenters. The molecule has 0 spiro atoms. The molecule has 2 aromatic carbocycles. The second-order valence-electron chi connectivity index (χ2n) is 5.93. The molecule has 0 saturated heterocycles. The van der Waals surface area contributed by atoms with Gasteiger partial charge < -0.3 is 10.5 Å². The van der Waals surface area contributed by atoms with Crippen molar-refractivity contribution < 1.29 is 17.9 Å². The highest BCUT2D eigenvalue weighted by atomic mass is 32.2. The summed E-state index contributed by atoms with van der Waals surface area (Å²) in [6, 6.07) is 13.8. The van der Waals surface area contributed by atoms with E-state index in [2.05, 4.69) is 0 Å². The highest BCUT2D eigenvalue weighted by molar-refractivity contribution is 7.89.